The Hall–Kier alpha value is -2.82. The van der Waals surface area contributed by atoms with Crippen LogP contribution in [0, 0.1) is 20.8 Å². The first-order chi connectivity index (χ1) is 12.9. The van der Waals surface area contributed by atoms with Gasteiger partial charge in [-0.2, -0.15) is 5.10 Å². The van der Waals surface area contributed by atoms with E-state index in [1.165, 1.54) is 0 Å². The van der Waals surface area contributed by atoms with Crippen molar-refractivity contribution in [2.75, 3.05) is 0 Å². The van der Waals surface area contributed by atoms with Crippen LogP contribution in [0.1, 0.15) is 45.9 Å². The fraction of sp³-hybridized carbons (Fsp3) is 0.364. The molecule has 1 saturated carbocycles. The van der Waals surface area contributed by atoms with Crippen molar-refractivity contribution in [2.24, 2.45) is 7.05 Å². The maximum atomic E-state index is 13.3. The van der Waals surface area contributed by atoms with Crippen LogP contribution in [0.25, 0.3) is 11.3 Å². The predicted molar refractivity (Wildman–Crippen MR) is 104 cm³/mol. The van der Waals surface area contributed by atoms with E-state index in [9.17, 15) is 4.79 Å². The number of hydrogen-bond acceptors (Lipinski definition) is 3. The molecule has 5 nitrogen and oxygen atoms in total. The number of aryl methyl sites for hydroxylation is 3. The number of benzene rings is 1. The zero-order valence-corrected chi connectivity index (χ0v) is 16.3. The van der Waals surface area contributed by atoms with E-state index in [0.717, 1.165) is 46.9 Å². The molecule has 1 aliphatic carbocycles. The largest absolute Gasteiger partial charge is 0.461 e. The van der Waals surface area contributed by atoms with Crippen LogP contribution in [0.2, 0.25) is 0 Å². The highest BCUT2D eigenvalue weighted by atomic mass is 16.3. The average Bonchev–Trinajstić information content (AvgIpc) is 3.35. The van der Waals surface area contributed by atoms with Gasteiger partial charge in [0.2, 0.25) is 0 Å². The first-order valence-corrected chi connectivity index (χ1v) is 9.41. The third kappa shape index (κ3) is 3.42. The minimum absolute atomic E-state index is 0.0743. The highest BCUT2D eigenvalue weighted by Gasteiger charge is 2.34. The van der Waals surface area contributed by atoms with E-state index >= 15 is 0 Å². The van der Waals surface area contributed by atoms with Crippen molar-refractivity contribution < 1.29 is 9.21 Å². The summed E-state index contributed by atoms with van der Waals surface area (Å²) >= 11 is 0. The summed E-state index contributed by atoms with van der Waals surface area (Å²) in [6.07, 6.45) is 2.14. The van der Waals surface area contributed by atoms with Gasteiger partial charge in [0, 0.05) is 42.0 Å². The lowest BCUT2D eigenvalue weighted by molar-refractivity contribution is 0.0729. The summed E-state index contributed by atoms with van der Waals surface area (Å²) in [6.45, 7) is 6.60. The van der Waals surface area contributed by atoms with Crippen molar-refractivity contribution in [1.82, 2.24) is 14.7 Å². The Kier molecular flexibility index (Phi) is 4.38. The van der Waals surface area contributed by atoms with E-state index in [0.29, 0.717) is 18.2 Å². The van der Waals surface area contributed by atoms with Gasteiger partial charge < -0.3 is 9.32 Å². The second-order valence-corrected chi connectivity index (χ2v) is 7.43. The number of furan rings is 1. The summed E-state index contributed by atoms with van der Waals surface area (Å²) in [7, 11) is 1.95. The summed E-state index contributed by atoms with van der Waals surface area (Å²) in [5.41, 5.74) is 4.89. The number of carbonyl (C=O) groups excluding carboxylic acids is 1. The van der Waals surface area contributed by atoms with E-state index in [4.69, 9.17) is 4.42 Å². The van der Waals surface area contributed by atoms with Gasteiger partial charge in [-0.15, -0.1) is 0 Å². The van der Waals surface area contributed by atoms with Crippen LogP contribution in [0.15, 0.2) is 40.8 Å². The minimum Gasteiger partial charge on any atom is -0.461 e. The molecule has 5 heteroatoms. The van der Waals surface area contributed by atoms with E-state index in [-0.39, 0.29) is 5.91 Å². The Morgan fingerprint density at radius 3 is 2.59 bits per heavy atom. The summed E-state index contributed by atoms with van der Waals surface area (Å²) < 4.78 is 7.61. The van der Waals surface area contributed by atoms with E-state index in [1.54, 1.807) is 0 Å². The molecule has 0 aliphatic heterocycles. The third-order valence-electron chi connectivity index (χ3n) is 5.37. The summed E-state index contributed by atoms with van der Waals surface area (Å²) in [4.78, 5) is 15.3. The second-order valence-electron chi connectivity index (χ2n) is 7.43. The molecule has 140 valence electrons. The van der Waals surface area contributed by atoms with Crippen molar-refractivity contribution in [3.05, 3.63) is 64.7 Å². The van der Waals surface area contributed by atoms with E-state index < -0.39 is 0 Å². The van der Waals surface area contributed by atoms with Crippen LogP contribution in [-0.2, 0) is 13.6 Å². The van der Waals surface area contributed by atoms with Gasteiger partial charge in [-0.1, -0.05) is 12.1 Å². The van der Waals surface area contributed by atoms with Crippen LogP contribution in [0.4, 0.5) is 0 Å². The molecular weight excluding hydrogens is 338 g/mol. The van der Waals surface area contributed by atoms with Gasteiger partial charge in [0.15, 0.2) is 0 Å². The first-order valence-electron chi connectivity index (χ1n) is 9.41. The SMILES string of the molecule is Cc1ccc(-c2cccc(C(=O)N(Cc3c(C)nn(C)c3C)C3CC3)c2)o1. The maximum Gasteiger partial charge on any atom is 0.254 e. The molecule has 1 fully saturated rings. The van der Waals surface area contributed by atoms with Crippen LogP contribution < -0.4 is 0 Å². The Labute approximate surface area is 159 Å². The summed E-state index contributed by atoms with van der Waals surface area (Å²) in [5.74, 6) is 1.73. The number of aromatic nitrogens is 2. The third-order valence-corrected chi connectivity index (χ3v) is 5.37. The topological polar surface area (TPSA) is 51.3 Å². The number of rotatable bonds is 5. The molecule has 4 rings (SSSR count). The van der Waals surface area contributed by atoms with Gasteiger partial charge in [0.05, 0.1) is 5.69 Å². The Morgan fingerprint density at radius 2 is 2.00 bits per heavy atom. The fourth-order valence-corrected chi connectivity index (χ4v) is 3.53. The number of hydrogen-bond donors (Lipinski definition) is 0. The standard InChI is InChI=1S/C22H25N3O2/c1-14-8-11-21(27-14)17-6-5-7-18(12-17)22(26)25(19-9-10-19)13-20-15(2)23-24(4)16(20)3/h5-8,11-12,19H,9-10,13H2,1-4H3. The molecule has 2 aromatic heterocycles. The molecule has 2 heterocycles. The fourth-order valence-electron chi connectivity index (χ4n) is 3.53. The lowest BCUT2D eigenvalue weighted by Crippen LogP contribution is -2.33. The van der Waals surface area contributed by atoms with E-state index in [1.807, 2.05) is 66.9 Å². The number of carbonyl (C=O) groups is 1. The normalized spacial score (nSPS) is 13.8. The van der Waals surface area contributed by atoms with Crippen molar-refractivity contribution in [2.45, 2.75) is 46.2 Å². The molecule has 0 saturated heterocycles. The molecule has 0 N–H and O–H groups in total. The molecule has 1 amide bonds. The molecule has 1 aliphatic rings. The molecule has 0 radical (unpaired) electrons. The lowest BCUT2D eigenvalue weighted by atomic mass is 10.1. The molecule has 0 spiro atoms. The maximum absolute atomic E-state index is 13.3. The minimum atomic E-state index is 0.0743. The Balaban J connectivity index is 1.63. The van der Waals surface area contributed by atoms with E-state index in [2.05, 4.69) is 12.0 Å². The number of nitrogens with zero attached hydrogens (tertiary/aromatic N) is 3. The molecule has 0 unspecified atom stereocenters. The molecule has 1 aromatic carbocycles. The van der Waals surface area contributed by atoms with Gasteiger partial charge in [0.25, 0.3) is 5.91 Å². The van der Waals surface area contributed by atoms with Gasteiger partial charge in [-0.3, -0.25) is 9.48 Å². The van der Waals surface area contributed by atoms with Crippen molar-refractivity contribution >= 4 is 5.91 Å². The molecular formula is C22H25N3O2. The van der Waals surface area contributed by atoms with Crippen LogP contribution in [0.3, 0.4) is 0 Å². The van der Waals surface area contributed by atoms with Crippen molar-refractivity contribution in [1.29, 1.82) is 0 Å². The zero-order chi connectivity index (χ0) is 19.1. The van der Waals surface area contributed by atoms with Gasteiger partial charge in [-0.05, 0) is 57.9 Å². The zero-order valence-electron chi connectivity index (χ0n) is 16.3. The Morgan fingerprint density at radius 1 is 1.22 bits per heavy atom. The van der Waals surface area contributed by atoms with Gasteiger partial charge in [0.1, 0.15) is 11.5 Å². The molecule has 3 aromatic rings. The molecule has 0 bridgehead atoms. The highest BCUT2D eigenvalue weighted by Crippen LogP contribution is 2.32. The first kappa shape index (κ1) is 17.6. The smallest absolute Gasteiger partial charge is 0.254 e. The summed E-state index contributed by atoms with van der Waals surface area (Å²) in [5, 5.41) is 4.50. The lowest BCUT2D eigenvalue weighted by Gasteiger charge is -2.23. The molecule has 27 heavy (non-hydrogen) atoms. The van der Waals surface area contributed by atoms with Crippen LogP contribution in [-0.4, -0.2) is 26.6 Å². The summed E-state index contributed by atoms with van der Waals surface area (Å²) in [6, 6.07) is 11.9. The number of amides is 1. The predicted octanol–water partition coefficient (Wildman–Crippen LogP) is 4.41. The van der Waals surface area contributed by atoms with Crippen LogP contribution >= 0.6 is 0 Å². The van der Waals surface area contributed by atoms with Crippen LogP contribution in [0.5, 0.6) is 0 Å². The Bertz CT molecular complexity index is 995. The van der Waals surface area contributed by atoms with Gasteiger partial charge in [-0.25, -0.2) is 0 Å². The monoisotopic (exact) mass is 363 g/mol. The quantitative estimate of drug-likeness (QED) is 0.675. The van der Waals surface area contributed by atoms with Gasteiger partial charge >= 0.3 is 0 Å². The van der Waals surface area contributed by atoms with Crippen molar-refractivity contribution in [3.8, 4) is 11.3 Å². The highest BCUT2D eigenvalue weighted by molar-refractivity contribution is 5.95. The average molecular weight is 363 g/mol. The van der Waals surface area contributed by atoms with Crippen molar-refractivity contribution in [3.63, 3.8) is 0 Å². The molecule has 0 atom stereocenters. The second kappa shape index (κ2) is 6.72.